The largest absolute Gasteiger partial charge is 0.377 e. The fourth-order valence-electron chi connectivity index (χ4n) is 3.47. The standard InChI is InChI=1S/C16H26N4O2/c1-12(2)19-7-4-13(5-8-19)16(21)20-9-10-22-11-15(20)14-3-6-17-18-14/h3,6,12-13,15H,4-5,7-11H2,1-2H3,(H,17,18)/t15-/m0/s1. The molecule has 0 bridgehead atoms. The lowest BCUT2D eigenvalue weighted by molar-refractivity contribution is -0.146. The maximum Gasteiger partial charge on any atom is 0.226 e. The number of piperidine rings is 1. The monoisotopic (exact) mass is 306 g/mol. The van der Waals surface area contributed by atoms with Crippen molar-refractivity contribution in [2.75, 3.05) is 32.8 Å². The Morgan fingerprint density at radius 1 is 1.36 bits per heavy atom. The van der Waals surface area contributed by atoms with Crippen LogP contribution in [0.4, 0.5) is 0 Å². The van der Waals surface area contributed by atoms with E-state index >= 15 is 0 Å². The molecule has 22 heavy (non-hydrogen) atoms. The second-order valence-corrected chi connectivity index (χ2v) is 6.54. The molecule has 2 aliphatic heterocycles. The molecule has 0 aliphatic carbocycles. The van der Waals surface area contributed by atoms with E-state index in [-0.39, 0.29) is 17.9 Å². The Hall–Kier alpha value is -1.40. The highest BCUT2D eigenvalue weighted by molar-refractivity contribution is 5.79. The van der Waals surface area contributed by atoms with Crippen LogP contribution in [0.1, 0.15) is 38.4 Å². The number of aromatic nitrogens is 2. The minimum absolute atomic E-state index is 0.0214. The van der Waals surface area contributed by atoms with Crippen LogP contribution in [0.15, 0.2) is 12.3 Å². The maximum atomic E-state index is 13.0. The average Bonchev–Trinajstić information content (AvgIpc) is 3.08. The summed E-state index contributed by atoms with van der Waals surface area (Å²) in [4.78, 5) is 17.4. The van der Waals surface area contributed by atoms with Crippen LogP contribution in [0, 0.1) is 5.92 Å². The number of H-pyrrole nitrogens is 1. The first-order valence-electron chi connectivity index (χ1n) is 8.28. The number of amides is 1. The number of nitrogens with zero attached hydrogens (tertiary/aromatic N) is 3. The molecule has 1 atom stereocenters. The minimum Gasteiger partial charge on any atom is -0.377 e. The number of hydrogen-bond acceptors (Lipinski definition) is 4. The van der Waals surface area contributed by atoms with E-state index in [4.69, 9.17) is 4.74 Å². The molecule has 2 saturated heterocycles. The van der Waals surface area contributed by atoms with Gasteiger partial charge in [-0.3, -0.25) is 9.89 Å². The average molecular weight is 306 g/mol. The summed E-state index contributed by atoms with van der Waals surface area (Å²) in [6.07, 6.45) is 3.65. The van der Waals surface area contributed by atoms with Crippen LogP contribution in [0.3, 0.4) is 0 Å². The van der Waals surface area contributed by atoms with E-state index in [1.807, 2.05) is 11.0 Å². The Balaban J connectivity index is 1.65. The van der Waals surface area contributed by atoms with Crippen molar-refractivity contribution in [1.82, 2.24) is 20.0 Å². The minimum atomic E-state index is -0.0214. The summed E-state index contributed by atoms with van der Waals surface area (Å²) in [6.45, 7) is 8.34. The van der Waals surface area contributed by atoms with Crippen LogP contribution in [0.2, 0.25) is 0 Å². The van der Waals surface area contributed by atoms with Crippen molar-refractivity contribution in [2.45, 2.75) is 38.8 Å². The van der Waals surface area contributed by atoms with E-state index in [1.54, 1.807) is 6.20 Å². The van der Waals surface area contributed by atoms with Crippen LogP contribution < -0.4 is 0 Å². The Kier molecular flexibility index (Phi) is 4.78. The van der Waals surface area contributed by atoms with Gasteiger partial charge in [-0.2, -0.15) is 5.10 Å². The lowest BCUT2D eigenvalue weighted by Gasteiger charge is -2.40. The highest BCUT2D eigenvalue weighted by Crippen LogP contribution is 2.28. The molecule has 6 nitrogen and oxygen atoms in total. The number of carbonyl (C=O) groups excluding carboxylic acids is 1. The molecule has 3 rings (SSSR count). The molecule has 122 valence electrons. The zero-order chi connectivity index (χ0) is 15.5. The number of ether oxygens (including phenoxy) is 1. The van der Waals surface area contributed by atoms with E-state index in [0.717, 1.165) is 31.6 Å². The van der Waals surface area contributed by atoms with E-state index < -0.39 is 0 Å². The summed E-state index contributed by atoms with van der Waals surface area (Å²) in [7, 11) is 0. The van der Waals surface area contributed by atoms with Gasteiger partial charge in [-0.05, 0) is 45.8 Å². The van der Waals surface area contributed by atoms with Crippen molar-refractivity contribution in [3.63, 3.8) is 0 Å². The summed E-state index contributed by atoms with van der Waals surface area (Å²) >= 11 is 0. The van der Waals surface area contributed by atoms with Gasteiger partial charge in [0.15, 0.2) is 0 Å². The first kappa shape index (κ1) is 15.5. The van der Waals surface area contributed by atoms with Crippen LogP contribution in [-0.4, -0.2) is 64.8 Å². The van der Waals surface area contributed by atoms with Crippen molar-refractivity contribution in [1.29, 1.82) is 0 Å². The number of rotatable bonds is 3. The van der Waals surface area contributed by atoms with Gasteiger partial charge in [-0.1, -0.05) is 0 Å². The molecule has 1 aromatic heterocycles. The topological polar surface area (TPSA) is 61.5 Å². The van der Waals surface area contributed by atoms with Gasteiger partial charge < -0.3 is 14.5 Å². The third-order valence-corrected chi connectivity index (χ3v) is 4.90. The number of likely N-dealkylation sites (tertiary alicyclic amines) is 1. The number of aromatic amines is 1. The molecule has 2 fully saturated rings. The third kappa shape index (κ3) is 3.17. The molecular weight excluding hydrogens is 280 g/mol. The molecule has 0 aromatic carbocycles. The Morgan fingerprint density at radius 2 is 2.14 bits per heavy atom. The predicted octanol–water partition coefficient (Wildman–Crippen LogP) is 1.43. The molecule has 0 radical (unpaired) electrons. The maximum absolute atomic E-state index is 13.0. The summed E-state index contributed by atoms with van der Waals surface area (Å²) in [5, 5.41) is 6.99. The molecule has 0 spiro atoms. The Bertz CT molecular complexity index is 480. The Labute approximate surface area is 131 Å². The molecule has 1 amide bonds. The van der Waals surface area contributed by atoms with Gasteiger partial charge in [0.2, 0.25) is 5.91 Å². The quantitative estimate of drug-likeness (QED) is 0.918. The third-order valence-electron chi connectivity index (χ3n) is 4.90. The lowest BCUT2D eigenvalue weighted by atomic mass is 9.93. The molecule has 6 heteroatoms. The van der Waals surface area contributed by atoms with Gasteiger partial charge in [-0.15, -0.1) is 0 Å². The fraction of sp³-hybridized carbons (Fsp3) is 0.750. The number of hydrogen-bond donors (Lipinski definition) is 1. The van der Waals surface area contributed by atoms with E-state index in [1.165, 1.54) is 0 Å². The number of carbonyl (C=O) groups is 1. The highest BCUT2D eigenvalue weighted by atomic mass is 16.5. The summed E-state index contributed by atoms with van der Waals surface area (Å²) in [6, 6.07) is 2.48. The van der Waals surface area contributed by atoms with Crippen molar-refractivity contribution in [3.05, 3.63) is 18.0 Å². The van der Waals surface area contributed by atoms with Crippen molar-refractivity contribution >= 4 is 5.91 Å². The van der Waals surface area contributed by atoms with Crippen molar-refractivity contribution < 1.29 is 9.53 Å². The van der Waals surface area contributed by atoms with Gasteiger partial charge in [-0.25, -0.2) is 0 Å². The fourth-order valence-corrected chi connectivity index (χ4v) is 3.47. The smallest absolute Gasteiger partial charge is 0.226 e. The summed E-state index contributed by atoms with van der Waals surface area (Å²) in [5.41, 5.74) is 0.965. The van der Waals surface area contributed by atoms with Crippen molar-refractivity contribution in [3.8, 4) is 0 Å². The van der Waals surface area contributed by atoms with Gasteiger partial charge in [0.25, 0.3) is 0 Å². The molecule has 2 aliphatic rings. The SMILES string of the molecule is CC(C)N1CCC(C(=O)N2CCOC[C@H]2c2ccn[nH]2)CC1. The van der Waals surface area contributed by atoms with Gasteiger partial charge in [0.05, 0.1) is 24.9 Å². The number of nitrogens with one attached hydrogen (secondary N) is 1. The first-order valence-corrected chi connectivity index (χ1v) is 8.28. The highest BCUT2D eigenvalue weighted by Gasteiger charge is 2.35. The van der Waals surface area contributed by atoms with Crippen LogP contribution in [0.5, 0.6) is 0 Å². The summed E-state index contributed by atoms with van der Waals surface area (Å²) < 4.78 is 5.57. The molecular formula is C16H26N4O2. The molecule has 0 saturated carbocycles. The van der Waals surface area contributed by atoms with E-state index in [9.17, 15) is 4.79 Å². The zero-order valence-corrected chi connectivity index (χ0v) is 13.5. The van der Waals surface area contributed by atoms with Crippen LogP contribution >= 0.6 is 0 Å². The first-order chi connectivity index (χ1) is 10.7. The Morgan fingerprint density at radius 3 is 2.77 bits per heavy atom. The van der Waals surface area contributed by atoms with Gasteiger partial charge in [0, 0.05) is 24.7 Å². The van der Waals surface area contributed by atoms with Gasteiger partial charge >= 0.3 is 0 Å². The summed E-state index contributed by atoms with van der Waals surface area (Å²) in [5.74, 6) is 0.435. The van der Waals surface area contributed by atoms with Gasteiger partial charge in [0.1, 0.15) is 0 Å². The van der Waals surface area contributed by atoms with E-state index in [0.29, 0.717) is 25.8 Å². The molecule has 1 aromatic rings. The van der Waals surface area contributed by atoms with Crippen LogP contribution in [-0.2, 0) is 9.53 Å². The normalized spacial score (nSPS) is 24.9. The molecule has 3 heterocycles. The number of morpholine rings is 1. The predicted molar refractivity (Wildman–Crippen MR) is 83.3 cm³/mol. The second-order valence-electron chi connectivity index (χ2n) is 6.54. The lowest BCUT2D eigenvalue weighted by Crippen LogP contribution is -2.49. The second kappa shape index (κ2) is 6.79. The molecule has 0 unspecified atom stereocenters. The molecule has 1 N–H and O–H groups in total. The van der Waals surface area contributed by atoms with Crippen LogP contribution in [0.25, 0.3) is 0 Å². The zero-order valence-electron chi connectivity index (χ0n) is 13.5. The van der Waals surface area contributed by atoms with E-state index in [2.05, 4.69) is 28.9 Å². The van der Waals surface area contributed by atoms with Crippen molar-refractivity contribution in [2.24, 2.45) is 5.92 Å².